The number of fused-ring (bicyclic) bond motifs is 2. The summed E-state index contributed by atoms with van der Waals surface area (Å²) in [6.07, 6.45) is 3.78. The molecule has 0 fully saturated rings. The van der Waals surface area contributed by atoms with Crippen molar-refractivity contribution < 1.29 is 19.8 Å². The first-order valence-electron chi connectivity index (χ1n) is 5.10. The van der Waals surface area contributed by atoms with Crippen molar-refractivity contribution in [1.82, 2.24) is 0 Å². The number of alkyl halides is 2. The highest BCUT2D eigenvalue weighted by Gasteiger charge is 2.42. The van der Waals surface area contributed by atoms with Gasteiger partial charge in [-0.3, -0.25) is 0 Å². The molecule has 6 heteroatoms. The van der Waals surface area contributed by atoms with Crippen molar-refractivity contribution in [1.29, 1.82) is 0 Å². The smallest absolute Gasteiger partial charge is 0.331 e. The molecule has 0 amide bonds. The van der Waals surface area contributed by atoms with E-state index in [1.54, 1.807) is 12.2 Å². The SMILES string of the molecule is O=C(O)C1=C[C@@H](Br)C2CC1[C@H](Br)C=C2C(=O)O. The first-order chi connectivity index (χ1) is 7.91. The Balaban J connectivity index is 2.41. The van der Waals surface area contributed by atoms with Gasteiger partial charge in [0.15, 0.2) is 0 Å². The molecular weight excluding hydrogens is 356 g/mol. The molecule has 0 aromatic rings. The summed E-state index contributed by atoms with van der Waals surface area (Å²) >= 11 is 6.71. The number of carboxylic acid groups (broad SMARTS) is 2. The van der Waals surface area contributed by atoms with E-state index in [1.165, 1.54) is 0 Å². The van der Waals surface area contributed by atoms with Crippen molar-refractivity contribution in [2.45, 2.75) is 16.1 Å². The van der Waals surface area contributed by atoms with Gasteiger partial charge in [-0.25, -0.2) is 9.59 Å². The van der Waals surface area contributed by atoms with Crippen LogP contribution in [0.2, 0.25) is 0 Å². The molecule has 0 spiro atoms. The summed E-state index contributed by atoms with van der Waals surface area (Å²) in [5, 5.41) is 18.2. The predicted octanol–water partition coefficient (Wildman–Crippen LogP) is 2.19. The normalized spacial score (nSPS) is 35.9. The zero-order valence-corrected chi connectivity index (χ0v) is 11.8. The van der Waals surface area contributed by atoms with Crippen molar-refractivity contribution in [3.63, 3.8) is 0 Å². The van der Waals surface area contributed by atoms with Crippen LogP contribution in [-0.4, -0.2) is 31.8 Å². The number of carboxylic acids is 2. The Kier molecular flexibility index (Phi) is 3.45. The second-order valence-corrected chi connectivity index (χ2v) is 6.31. The molecule has 2 bridgehead atoms. The lowest BCUT2D eigenvalue weighted by Gasteiger charge is -2.37. The monoisotopic (exact) mass is 364 g/mol. The molecule has 4 atom stereocenters. The number of allylic oxidation sites excluding steroid dienone is 2. The molecule has 0 heterocycles. The van der Waals surface area contributed by atoms with E-state index in [1.807, 2.05) is 0 Å². The first kappa shape index (κ1) is 12.8. The lowest BCUT2D eigenvalue weighted by Crippen LogP contribution is -2.38. The van der Waals surface area contributed by atoms with Crippen molar-refractivity contribution in [2.24, 2.45) is 11.8 Å². The summed E-state index contributed by atoms with van der Waals surface area (Å²) in [6.45, 7) is 0. The van der Waals surface area contributed by atoms with E-state index in [2.05, 4.69) is 31.9 Å². The van der Waals surface area contributed by atoms with E-state index in [-0.39, 0.29) is 21.5 Å². The Hall–Kier alpha value is -0.620. The zero-order valence-electron chi connectivity index (χ0n) is 8.64. The van der Waals surface area contributed by atoms with Crippen molar-refractivity contribution in [3.05, 3.63) is 23.3 Å². The molecule has 17 heavy (non-hydrogen) atoms. The van der Waals surface area contributed by atoms with Crippen LogP contribution in [-0.2, 0) is 9.59 Å². The number of hydrogen-bond acceptors (Lipinski definition) is 2. The quantitative estimate of drug-likeness (QED) is 0.735. The second kappa shape index (κ2) is 4.57. The van der Waals surface area contributed by atoms with E-state index in [0.29, 0.717) is 17.6 Å². The third-order valence-corrected chi connectivity index (χ3v) is 5.05. The molecule has 0 aromatic heterocycles. The Bertz CT molecular complexity index is 401. The average Bonchev–Trinajstić information content (AvgIpc) is 2.25. The van der Waals surface area contributed by atoms with Crippen LogP contribution >= 0.6 is 31.9 Å². The largest absolute Gasteiger partial charge is 0.478 e. The lowest BCUT2D eigenvalue weighted by atomic mass is 9.72. The third-order valence-electron chi connectivity index (χ3n) is 3.25. The number of carbonyl (C=O) groups is 2. The predicted molar refractivity (Wildman–Crippen MR) is 68.5 cm³/mol. The maximum atomic E-state index is 11.1. The molecule has 2 aliphatic rings. The lowest BCUT2D eigenvalue weighted by molar-refractivity contribution is -0.133. The van der Waals surface area contributed by atoms with E-state index in [4.69, 9.17) is 10.2 Å². The minimum absolute atomic E-state index is 0.158. The van der Waals surface area contributed by atoms with Gasteiger partial charge in [-0.15, -0.1) is 0 Å². The summed E-state index contributed by atoms with van der Waals surface area (Å²) in [6, 6.07) is 0. The van der Waals surface area contributed by atoms with E-state index < -0.39 is 11.9 Å². The Labute approximate surface area is 115 Å². The standard InChI is InChI=1S/C11H10Br2O4/c12-8-2-6(10(14)15)4-1-5(8)7(11(16)17)3-9(4)13/h2-5,8-9H,1H2,(H,14,15)(H,16,17)/t4?,5?,8-,9-/m1/s1. The fraction of sp³-hybridized carbons (Fsp3) is 0.455. The van der Waals surface area contributed by atoms with Crippen LogP contribution in [0.25, 0.3) is 0 Å². The summed E-state index contributed by atoms with van der Waals surface area (Å²) < 4.78 is 0. The third kappa shape index (κ3) is 2.20. The molecule has 0 radical (unpaired) electrons. The molecule has 0 aromatic carbocycles. The molecule has 0 saturated heterocycles. The van der Waals surface area contributed by atoms with Gasteiger partial charge in [-0.2, -0.15) is 0 Å². The molecule has 4 nitrogen and oxygen atoms in total. The summed E-state index contributed by atoms with van der Waals surface area (Å²) in [5.74, 6) is -2.19. The Morgan fingerprint density at radius 1 is 1.00 bits per heavy atom. The highest BCUT2D eigenvalue weighted by molar-refractivity contribution is 9.10. The molecule has 2 N–H and O–H groups in total. The van der Waals surface area contributed by atoms with Crippen molar-refractivity contribution in [3.8, 4) is 0 Å². The van der Waals surface area contributed by atoms with Crippen LogP contribution in [0.1, 0.15) is 6.42 Å². The van der Waals surface area contributed by atoms with Crippen LogP contribution in [0.3, 0.4) is 0 Å². The molecule has 2 aliphatic carbocycles. The summed E-state index contributed by atoms with van der Waals surface area (Å²) in [5.41, 5.74) is 0.705. The van der Waals surface area contributed by atoms with Gasteiger partial charge in [0, 0.05) is 32.6 Å². The van der Waals surface area contributed by atoms with Gasteiger partial charge in [0.25, 0.3) is 0 Å². The van der Waals surface area contributed by atoms with Gasteiger partial charge < -0.3 is 10.2 Å². The van der Waals surface area contributed by atoms with Crippen LogP contribution in [0.5, 0.6) is 0 Å². The van der Waals surface area contributed by atoms with Gasteiger partial charge in [0.1, 0.15) is 0 Å². The maximum absolute atomic E-state index is 11.1. The number of rotatable bonds is 2. The highest BCUT2D eigenvalue weighted by Crippen LogP contribution is 2.45. The van der Waals surface area contributed by atoms with Gasteiger partial charge >= 0.3 is 11.9 Å². The second-order valence-electron chi connectivity index (χ2n) is 4.19. The minimum Gasteiger partial charge on any atom is -0.478 e. The van der Waals surface area contributed by atoms with E-state index >= 15 is 0 Å². The van der Waals surface area contributed by atoms with Crippen LogP contribution in [0.15, 0.2) is 23.3 Å². The Morgan fingerprint density at radius 2 is 1.35 bits per heavy atom. The number of hydrogen-bond donors (Lipinski definition) is 2. The Morgan fingerprint density at radius 3 is 1.65 bits per heavy atom. The fourth-order valence-corrected chi connectivity index (χ4v) is 3.98. The zero-order chi connectivity index (χ0) is 12.7. The topological polar surface area (TPSA) is 74.6 Å². The van der Waals surface area contributed by atoms with Crippen LogP contribution in [0.4, 0.5) is 0 Å². The summed E-state index contributed by atoms with van der Waals surface area (Å²) in [7, 11) is 0. The molecule has 2 unspecified atom stereocenters. The molecule has 92 valence electrons. The molecule has 0 aliphatic heterocycles. The number of halogens is 2. The molecular formula is C11H10Br2O4. The minimum atomic E-state index is -0.936. The van der Waals surface area contributed by atoms with Gasteiger partial charge in [-0.1, -0.05) is 44.0 Å². The first-order valence-corrected chi connectivity index (χ1v) is 6.93. The van der Waals surface area contributed by atoms with Crippen molar-refractivity contribution >= 4 is 43.8 Å². The number of aliphatic carboxylic acids is 2. The highest BCUT2D eigenvalue weighted by atomic mass is 79.9. The average molecular weight is 366 g/mol. The van der Waals surface area contributed by atoms with Crippen molar-refractivity contribution in [2.75, 3.05) is 0 Å². The van der Waals surface area contributed by atoms with Gasteiger partial charge in [0.05, 0.1) is 0 Å². The summed E-state index contributed by atoms with van der Waals surface area (Å²) in [4.78, 5) is 21.8. The van der Waals surface area contributed by atoms with E-state index in [0.717, 1.165) is 0 Å². The molecule has 2 rings (SSSR count). The van der Waals surface area contributed by atoms with E-state index in [9.17, 15) is 9.59 Å². The van der Waals surface area contributed by atoms with Crippen LogP contribution < -0.4 is 0 Å². The van der Waals surface area contributed by atoms with Crippen LogP contribution in [0, 0.1) is 11.8 Å². The van der Waals surface area contributed by atoms with Gasteiger partial charge in [-0.05, 0) is 6.42 Å². The molecule has 0 saturated carbocycles. The maximum Gasteiger partial charge on any atom is 0.331 e. The fourth-order valence-electron chi connectivity index (χ4n) is 2.41. The van der Waals surface area contributed by atoms with Gasteiger partial charge in [0.2, 0.25) is 0 Å².